The minimum Gasteiger partial charge on any atom is -0.497 e. The summed E-state index contributed by atoms with van der Waals surface area (Å²) in [5.41, 5.74) is 1.16. The predicted octanol–water partition coefficient (Wildman–Crippen LogP) is 3.11. The summed E-state index contributed by atoms with van der Waals surface area (Å²) in [5, 5.41) is 0. The Kier molecular flexibility index (Phi) is 2.96. The molecule has 0 radical (unpaired) electrons. The van der Waals surface area contributed by atoms with Gasteiger partial charge in [0.15, 0.2) is 0 Å². The van der Waals surface area contributed by atoms with Gasteiger partial charge in [-0.2, -0.15) is 0 Å². The molecular formula is C13H18O2. The summed E-state index contributed by atoms with van der Waals surface area (Å²) in [4.78, 5) is 0. The van der Waals surface area contributed by atoms with Gasteiger partial charge in [0.1, 0.15) is 5.75 Å². The predicted molar refractivity (Wildman–Crippen MR) is 60.1 cm³/mol. The second-order valence-corrected chi connectivity index (χ2v) is 4.26. The second kappa shape index (κ2) is 4.23. The van der Waals surface area contributed by atoms with Gasteiger partial charge in [-0.25, -0.2) is 0 Å². The third kappa shape index (κ3) is 2.15. The molecule has 1 aliphatic rings. The van der Waals surface area contributed by atoms with Crippen LogP contribution in [0.1, 0.15) is 31.7 Å². The molecule has 2 nitrogen and oxygen atoms in total. The van der Waals surface area contributed by atoms with Crippen molar-refractivity contribution in [1.29, 1.82) is 0 Å². The highest BCUT2D eigenvalue weighted by Gasteiger charge is 2.29. The van der Waals surface area contributed by atoms with Gasteiger partial charge in [-0.3, -0.25) is 0 Å². The van der Waals surface area contributed by atoms with Gasteiger partial charge in [0.25, 0.3) is 0 Å². The molecule has 1 saturated heterocycles. The SMILES string of the molecule is COc1ccc(C2(C)CCCCO2)cc1. The van der Waals surface area contributed by atoms with Gasteiger partial charge in [-0.1, -0.05) is 12.1 Å². The van der Waals surface area contributed by atoms with E-state index in [2.05, 4.69) is 19.1 Å². The topological polar surface area (TPSA) is 18.5 Å². The summed E-state index contributed by atoms with van der Waals surface area (Å²) in [5.74, 6) is 0.901. The molecule has 0 saturated carbocycles. The molecule has 0 spiro atoms. The van der Waals surface area contributed by atoms with Crippen LogP contribution in [0.5, 0.6) is 5.75 Å². The number of rotatable bonds is 2. The van der Waals surface area contributed by atoms with Gasteiger partial charge in [0, 0.05) is 6.61 Å². The van der Waals surface area contributed by atoms with E-state index >= 15 is 0 Å². The summed E-state index contributed by atoms with van der Waals surface area (Å²) in [6.07, 6.45) is 3.55. The highest BCUT2D eigenvalue weighted by Crippen LogP contribution is 2.35. The van der Waals surface area contributed by atoms with Gasteiger partial charge in [0.2, 0.25) is 0 Å². The molecule has 1 fully saturated rings. The van der Waals surface area contributed by atoms with Gasteiger partial charge in [0.05, 0.1) is 12.7 Å². The fourth-order valence-electron chi connectivity index (χ4n) is 2.11. The minimum atomic E-state index is -0.0927. The van der Waals surface area contributed by atoms with Gasteiger partial charge in [-0.05, 0) is 43.9 Å². The maximum absolute atomic E-state index is 5.88. The lowest BCUT2D eigenvalue weighted by Crippen LogP contribution is -2.29. The number of ether oxygens (including phenoxy) is 2. The van der Waals surface area contributed by atoms with Crippen LogP contribution >= 0.6 is 0 Å². The quantitative estimate of drug-likeness (QED) is 0.740. The average molecular weight is 206 g/mol. The van der Waals surface area contributed by atoms with Crippen molar-refractivity contribution in [3.63, 3.8) is 0 Å². The third-order valence-corrected chi connectivity index (χ3v) is 3.17. The van der Waals surface area contributed by atoms with Crippen molar-refractivity contribution < 1.29 is 9.47 Å². The zero-order chi connectivity index (χ0) is 10.7. The number of hydrogen-bond donors (Lipinski definition) is 0. The molecule has 82 valence electrons. The van der Waals surface area contributed by atoms with Crippen molar-refractivity contribution in [3.05, 3.63) is 29.8 Å². The van der Waals surface area contributed by atoms with E-state index in [0.29, 0.717) is 0 Å². The van der Waals surface area contributed by atoms with Crippen molar-refractivity contribution in [1.82, 2.24) is 0 Å². The van der Waals surface area contributed by atoms with E-state index in [1.54, 1.807) is 7.11 Å². The van der Waals surface area contributed by atoms with Crippen LogP contribution in [-0.2, 0) is 10.3 Å². The van der Waals surface area contributed by atoms with Gasteiger partial charge >= 0.3 is 0 Å². The molecule has 15 heavy (non-hydrogen) atoms. The molecule has 0 aromatic heterocycles. The number of benzene rings is 1. The fraction of sp³-hybridized carbons (Fsp3) is 0.538. The van der Waals surface area contributed by atoms with Crippen LogP contribution in [0, 0.1) is 0 Å². The smallest absolute Gasteiger partial charge is 0.118 e. The van der Waals surface area contributed by atoms with Crippen LogP contribution in [0.4, 0.5) is 0 Å². The number of hydrogen-bond acceptors (Lipinski definition) is 2. The molecule has 0 aliphatic carbocycles. The molecule has 2 rings (SSSR count). The molecule has 1 aromatic carbocycles. The molecule has 1 aliphatic heterocycles. The molecule has 0 N–H and O–H groups in total. The van der Waals surface area contributed by atoms with E-state index in [0.717, 1.165) is 18.8 Å². The lowest BCUT2D eigenvalue weighted by Gasteiger charge is -2.34. The summed E-state index contributed by atoms with van der Waals surface area (Å²) in [6.45, 7) is 3.05. The molecule has 0 bridgehead atoms. The van der Waals surface area contributed by atoms with Crippen LogP contribution in [0.2, 0.25) is 0 Å². The van der Waals surface area contributed by atoms with E-state index in [1.165, 1.54) is 18.4 Å². The Hall–Kier alpha value is -1.02. The molecule has 1 unspecified atom stereocenters. The summed E-state index contributed by atoms with van der Waals surface area (Å²) >= 11 is 0. The van der Waals surface area contributed by atoms with Gasteiger partial charge < -0.3 is 9.47 Å². The number of methoxy groups -OCH3 is 1. The molecule has 1 aromatic rings. The fourth-order valence-corrected chi connectivity index (χ4v) is 2.11. The zero-order valence-corrected chi connectivity index (χ0v) is 9.45. The third-order valence-electron chi connectivity index (χ3n) is 3.17. The van der Waals surface area contributed by atoms with Crippen LogP contribution in [0.3, 0.4) is 0 Å². The Morgan fingerprint density at radius 1 is 1.20 bits per heavy atom. The first-order chi connectivity index (χ1) is 7.24. The summed E-state index contributed by atoms with van der Waals surface area (Å²) < 4.78 is 11.0. The first kappa shape index (κ1) is 10.5. The molecule has 2 heteroatoms. The van der Waals surface area contributed by atoms with Crippen molar-refractivity contribution in [2.24, 2.45) is 0 Å². The standard InChI is InChI=1S/C13H18O2/c1-13(9-3-4-10-15-13)11-5-7-12(14-2)8-6-11/h5-8H,3-4,9-10H2,1-2H3. The van der Waals surface area contributed by atoms with Crippen LogP contribution in [0.15, 0.2) is 24.3 Å². The van der Waals surface area contributed by atoms with E-state index in [-0.39, 0.29) is 5.60 Å². The van der Waals surface area contributed by atoms with E-state index in [1.807, 2.05) is 12.1 Å². The lowest BCUT2D eigenvalue weighted by atomic mass is 9.88. The Labute approximate surface area is 91.2 Å². The van der Waals surface area contributed by atoms with Crippen molar-refractivity contribution in [2.45, 2.75) is 31.8 Å². The van der Waals surface area contributed by atoms with Crippen molar-refractivity contribution in [3.8, 4) is 5.75 Å². The summed E-state index contributed by atoms with van der Waals surface area (Å²) in [6, 6.07) is 8.20. The normalized spacial score (nSPS) is 26.3. The monoisotopic (exact) mass is 206 g/mol. The van der Waals surface area contributed by atoms with Crippen LogP contribution in [-0.4, -0.2) is 13.7 Å². The second-order valence-electron chi connectivity index (χ2n) is 4.26. The zero-order valence-electron chi connectivity index (χ0n) is 9.45. The molecule has 1 atom stereocenters. The lowest BCUT2D eigenvalue weighted by molar-refractivity contribution is -0.0701. The van der Waals surface area contributed by atoms with Gasteiger partial charge in [-0.15, -0.1) is 0 Å². The average Bonchev–Trinajstić information content (AvgIpc) is 2.30. The maximum atomic E-state index is 5.88. The maximum Gasteiger partial charge on any atom is 0.118 e. The van der Waals surface area contributed by atoms with E-state index in [9.17, 15) is 0 Å². The largest absolute Gasteiger partial charge is 0.497 e. The van der Waals surface area contributed by atoms with Crippen LogP contribution in [0.25, 0.3) is 0 Å². The van der Waals surface area contributed by atoms with Crippen molar-refractivity contribution >= 4 is 0 Å². The van der Waals surface area contributed by atoms with Crippen LogP contribution < -0.4 is 4.74 Å². The Balaban J connectivity index is 2.20. The minimum absolute atomic E-state index is 0.0927. The molecule has 1 heterocycles. The van der Waals surface area contributed by atoms with E-state index in [4.69, 9.17) is 9.47 Å². The molecule has 0 amide bonds. The first-order valence-electron chi connectivity index (χ1n) is 5.53. The molecular weight excluding hydrogens is 188 g/mol. The Morgan fingerprint density at radius 2 is 1.93 bits per heavy atom. The van der Waals surface area contributed by atoms with E-state index < -0.39 is 0 Å². The highest BCUT2D eigenvalue weighted by atomic mass is 16.5. The highest BCUT2D eigenvalue weighted by molar-refractivity contribution is 5.30. The Morgan fingerprint density at radius 3 is 2.47 bits per heavy atom. The summed E-state index contributed by atoms with van der Waals surface area (Å²) in [7, 11) is 1.69. The first-order valence-corrected chi connectivity index (χ1v) is 5.53. The Bertz CT molecular complexity index is 310. The van der Waals surface area contributed by atoms with Crippen molar-refractivity contribution in [2.75, 3.05) is 13.7 Å².